The summed E-state index contributed by atoms with van der Waals surface area (Å²) in [5.41, 5.74) is 7.22. The van der Waals surface area contributed by atoms with E-state index in [0.29, 0.717) is 22.4 Å². The van der Waals surface area contributed by atoms with Crippen LogP contribution in [0.3, 0.4) is 0 Å². The lowest BCUT2D eigenvalue weighted by Crippen LogP contribution is -2.29. The number of aryl methyl sites for hydroxylation is 2. The zero-order valence-electron chi connectivity index (χ0n) is 22.2. The van der Waals surface area contributed by atoms with E-state index >= 15 is 0 Å². The number of hydrogen-bond acceptors (Lipinski definition) is 5. The summed E-state index contributed by atoms with van der Waals surface area (Å²) in [6.45, 7) is 4.03. The number of nitrogens with zero attached hydrogens (tertiary/aromatic N) is 1. The summed E-state index contributed by atoms with van der Waals surface area (Å²) >= 11 is 6.22. The number of benzene rings is 4. The first-order valence-electron chi connectivity index (χ1n) is 13.3. The Labute approximate surface area is 240 Å². The van der Waals surface area contributed by atoms with Crippen LogP contribution in [0.5, 0.6) is 5.75 Å². The monoisotopic (exact) mass is 568 g/mol. The van der Waals surface area contributed by atoms with Crippen LogP contribution in [0.2, 0.25) is 5.02 Å². The standard InChI is InChI=1S/C33H29ClN2O3S/c1-21-6-14-27(15-7-21)40(37,38)39-32-17-11-25(34)19-24(32)20-35-26-12-9-23(10-13-26)33-29-5-3-4-28(29)30-18-22(2)8-16-31(30)36-33/h3-4,6-20,28-29,33,36H,5H2,1-2H3/t28-,29+,33+/m1/s1. The van der Waals surface area contributed by atoms with Gasteiger partial charge in [0.1, 0.15) is 4.90 Å². The van der Waals surface area contributed by atoms with E-state index in [1.165, 1.54) is 34.5 Å². The van der Waals surface area contributed by atoms with Crippen LogP contribution in [-0.2, 0) is 10.1 Å². The van der Waals surface area contributed by atoms with Crippen LogP contribution < -0.4 is 9.50 Å². The summed E-state index contributed by atoms with van der Waals surface area (Å²) in [5.74, 6) is 1.03. The van der Waals surface area contributed by atoms with E-state index in [4.69, 9.17) is 15.8 Å². The number of anilines is 1. The normalized spacial score (nSPS) is 19.7. The first-order chi connectivity index (χ1) is 19.3. The SMILES string of the molecule is Cc1ccc(S(=O)(=O)Oc2ccc(Cl)cc2C=Nc2ccc([C@@H]3Nc4ccc(C)cc4[C@@H]4C=CC[C@@H]43)cc2)cc1. The largest absolute Gasteiger partial charge is 0.378 e. The molecule has 1 aliphatic carbocycles. The summed E-state index contributed by atoms with van der Waals surface area (Å²) in [4.78, 5) is 4.68. The molecule has 0 spiro atoms. The molecule has 202 valence electrons. The van der Waals surface area contributed by atoms with Gasteiger partial charge in [-0.05, 0) is 85.8 Å². The molecule has 0 bridgehead atoms. The van der Waals surface area contributed by atoms with Crippen LogP contribution in [0.15, 0.2) is 107 Å². The van der Waals surface area contributed by atoms with Crippen molar-refractivity contribution in [2.24, 2.45) is 10.9 Å². The molecule has 4 aromatic carbocycles. The van der Waals surface area contributed by atoms with Gasteiger partial charge in [-0.25, -0.2) is 0 Å². The Kier molecular flexibility index (Phi) is 6.99. The van der Waals surface area contributed by atoms with Gasteiger partial charge < -0.3 is 9.50 Å². The van der Waals surface area contributed by atoms with Crippen molar-refractivity contribution in [3.05, 3.63) is 130 Å². The predicted molar refractivity (Wildman–Crippen MR) is 162 cm³/mol. The van der Waals surface area contributed by atoms with Crippen LogP contribution in [-0.4, -0.2) is 14.6 Å². The minimum atomic E-state index is -4.01. The van der Waals surface area contributed by atoms with Crippen molar-refractivity contribution in [1.29, 1.82) is 0 Å². The van der Waals surface area contributed by atoms with Crippen molar-refractivity contribution in [2.45, 2.75) is 37.1 Å². The highest BCUT2D eigenvalue weighted by Crippen LogP contribution is 2.50. The Hall–Kier alpha value is -3.87. The molecule has 7 heteroatoms. The molecule has 0 saturated carbocycles. The smallest absolute Gasteiger partial charge is 0.339 e. The molecule has 1 aliphatic heterocycles. The maximum Gasteiger partial charge on any atom is 0.339 e. The lowest BCUT2D eigenvalue weighted by molar-refractivity contribution is 0.425. The van der Waals surface area contributed by atoms with E-state index in [9.17, 15) is 8.42 Å². The van der Waals surface area contributed by atoms with Crippen molar-refractivity contribution in [3.63, 3.8) is 0 Å². The van der Waals surface area contributed by atoms with E-state index in [2.05, 4.69) is 59.7 Å². The minimum Gasteiger partial charge on any atom is -0.378 e. The van der Waals surface area contributed by atoms with E-state index in [0.717, 1.165) is 17.7 Å². The second-order valence-corrected chi connectivity index (χ2v) is 12.4. The fourth-order valence-electron chi connectivity index (χ4n) is 5.52. The fourth-order valence-corrected chi connectivity index (χ4v) is 6.66. The third-order valence-electron chi connectivity index (χ3n) is 7.60. The lowest BCUT2D eigenvalue weighted by Gasteiger charge is -2.37. The maximum absolute atomic E-state index is 12.9. The molecule has 6 rings (SSSR count). The highest BCUT2D eigenvalue weighted by molar-refractivity contribution is 7.87. The second-order valence-electron chi connectivity index (χ2n) is 10.4. The molecule has 3 atom stereocenters. The quantitative estimate of drug-likeness (QED) is 0.144. The Balaban J connectivity index is 1.23. The fraction of sp³-hybridized carbons (Fsp3) is 0.182. The number of aliphatic imine (C=N–C) groups is 1. The number of rotatable bonds is 6. The Morgan fingerprint density at radius 3 is 2.45 bits per heavy atom. The van der Waals surface area contributed by atoms with Gasteiger partial charge in [-0.1, -0.05) is 71.3 Å². The molecule has 1 heterocycles. The third-order valence-corrected chi connectivity index (χ3v) is 9.09. The molecule has 1 N–H and O–H groups in total. The molecular weight excluding hydrogens is 540 g/mol. The van der Waals surface area contributed by atoms with Gasteiger partial charge in [0.2, 0.25) is 0 Å². The van der Waals surface area contributed by atoms with E-state index in [1.54, 1.807) is 36.5 Å². The van der Waals surface area contributed by atoms with Crippen LogP contribution in [0.4, 0.5) is 11.4 Å². The number of nitrogens with one attached hydrogen (secondary N) is 1. The van der Waals surface area contributed by atoms with Gasteiger partial charge in [-0.2, -0.15) is 8.42 Å². The maximum atomic E-state index is 12.9. The lowest BCUT2D eigenvalue weighted by atomic mass is 9.76. The van der Waals surface area contributed by atoms with Crippen molar-refractivity contribution in [1.82, 2.24) is 0 Å². The first kappa shape index (κ1) is 26.4. The van der Waals surface area contributed by atoms with E-state index < -0.39 is 10.1 Å². The molecule has 0 radical (unpaired) electrons. The number of hydrogen-bond donors (Lipinski definition) is 1. The van der Waals surface area contributed by atoms with Gasteiger partial charge in [0, 0.05) is 28.4 Å². The van der Waals surface area contributed by atoms with Crippen molar-refractivity contribution in [3.8, 4) is 5.75 Å². The summed E-state index contributed by atoms with van der Waals surface area (Å²) in [5, 5.41) is 4.23. The van der Waals surface area contributed by atoms with E-state index in [1.807, 2.05) is 19.1 Å². The minimum absolute atomic E-state index is 0.0836. The van der Waals surface area contributed by atoms with Crippen LogP contribution in [0, 0.1) is 19.8 Å². The average molecular weight is 569 g/mol. The van der Waals surface area contributed by atoms with Gasteiger partial charge in [-0.15, -0.1) is 0 Å². The highest BCUT2D eigenvalue weighted by Gasteiger charge is 2.37. The average Bonchev–Trinajstić information content (AvgIpc) is 3.44. The van der Waals surface area contributed by atoms with Crippen LogP contribution in [0.1, 0.15) is 46.2 Å². The highest BCUT2D eigenvalue weighted by atomic mass is 35.5. The van der Waals surface area contributed by atoms with Gasteiger partial charge in [-0.3, -0.25) is 4.99 Å². The van der Waals surface area contributed by atoms with Gasteiger partial charge >= 0.3 is 10.1 Å². The van der Waals surface area contributed by atoms with Crippen molar-refractivity contribution < 1.29 is 12.6 Å². The number of allylic oxidation sites excluding steroid dienone is 2. The van der Waals surface area contributed by atoms with E-state index in [-0.39, 0.29) is 16.7 Å². The van der Waals surface area contributed by atoms with Crippen LogP contribution in [0.25, 0.3) is 0 Å². The molecule has 0 unspecified atom stereocenters. The molecule has 0 aromatic heterocycles. The Morgan fingerprint density at radius 1 is 0.925 bits per heavy atom. The zero-order valence-corrected chi connectivity index (χ0v) is 23.8. The van der Waals surface area contributed by atoms with Gasteiger partial charge in [0.25, 0.3) is 0 Å². The van der Waals surface area contributed by atoms with Gasteiger partial charge in [0.05, 0.1) is 11.7 Å². The predicted octanol–water partition coefficient (Wildman–Crippen LogP) is 8.30. The van der Waals surface area contributed by atoms with Gasteiger partial charge in [0.15, 0.2) is 5.75 Å². The zero-order chi connectivity index (χ0) is 27.9. The molecule has 0 amide bonds. The Morgan fingerprint density at radius 2 is 1.68 bits per heavy atom. The topological polar surface area (TPSA) is 67.8 Å². The summed E-state index contributed by atoms with van der Waals surface area (Å²) in [6, 6.07) is 26.3. The van der Waals surface area contributed by atoms with Crippen LogP contribution >= 0.6 is 11.6 Å². The third kappa shape index (κ3) is 5.29. The molecule has 0 saturated heterocycles. The molecule has 2 aliphatic rings. The molecule has 0 fully saturated rings. The van der Waals surface area contributed by atoms with Crippen molar-refractivity contribution in [2.75, 3.05) is 5.32 Å². The molecule has 4 aromatic rings. The molecular formula is C33H29ClN2O3S. The molecule has 5 nitrogen and oxygen atoms in total. The summed E-state index contributed by atoms with van der Waals surface area (Å²) in [7, 11) is -4.01. The van der Waals surface area contributed by atoms with Crippen molar-refractivity contribution >= 4 is 39.3 Å². The second kappa shape index (κ2) is 10.6. The Bertz CT molecular complexity index is 1730. The first-order valence-corrected chi connectivity index (χ1v) is 15.0. The number of halogens is 1. The summed E-state index contributed by atoms with van der Waals surface area (Å²) < 4.78 is 31.2. The number of fused-ring (bicyclic) bond motifs is 3. The molecule has 40 heavy (non-hydrogen) atoms. The summed E-state index contributed by atoms with van der Waals surface area (Å²) in [6.07, 6.45) is 7.26.